The highest BCUT2D eigenvalue weighted by molar-refractivity contribution is 7.98. The Labute approximate surface area is 125 Å². The largest absolute Gasteiger partial charge is 0.368 e. The number of benzene rings is 1. The first-order chi connectivity index (χ1) is 10.0. The molecule has 0 aliphatic carbocycles. The molecule has 1 amide bonds. The maximum Gasteiger partial charge on any atom is 0.368 e. The second-order valence-corrected chi connectivity index (χ2v) is 5.05. The fourth-order valence-electron chi connectivity index (χ4n) is 1.76. The molecule has 0 aliphatic rings. The van der Waals surface area contributed by atoms with Crippen LogP contribution in [0.2, 0.25) is 0 Å². The monoisotopic (exact) mass is 309 g/mol. The minimum Gasteiger partial charge on any atom is -0.273 e. The van der Waals surface area contributed by atoms with Gasteiger partial charge in [0.15, 0.2) is 0 Å². The maximum atomic E-state index is 12.0. The highest BCUT2D eigenvalue weighted by Crippen LogP contribution is 2.25. The van der Waals surface area contributed by atoms with Gasteiger partial charge in [-0.15, -0.1) is 11.8 Å². The Kier molecular flexibility index (Phi) is 4.76. The van der Waals surface area contributed by atoms with Crippen molar-refractivity contribution in [3.63, 3.8) is 0 Å². The minimum atomic E-state index is -0.353. The summed E-state index contributed by atoms with van der Waals surface area (Å²) in [5, 5.41) is 7.53. The molecule has 0 saturated heterocycles. The van der Waals surface area contributed by atoms with Crippen LogP contribution in [0.4, 0.5) is 0 Å². The van der Waals surface area contributed by atoms with E-state index in [-0.39, 0.29) is 18.2 Å². The summed E-state index contributed by atoms with van der Waals surface area (Å²) in [6.07, 6.45) is 1.92. The fraction of sp³-hybridized carbons (Fsp3) is 0.333. The molecule has 0 atom stereocenters. The predicted octanol–water partition coefficient (Wildman–Crippen LogP) is 0.256. The van der Waals surface area contributed by atoms with Gasteiger partial charge in [-0.1, -0.05) is 6.07 Å². The van der Waals surface area contributed by atoms with E-state index in [9.17, 15) is 9.59 Å². The van der Waals surface area contributed by atoms with Gasteiger partial charge in [-0.25, -0.2) is 10.3 Å². The number of nitrogens with one attached hydrogen (secondary N) is 1. The van der Waals surface area contributed by atoms with Gasteiger partial charge in [0.1, 0.15) is 6.61 Å². The van der Waals surface area contributed by atoms with E-state index in [2.05, 4.69) is 15.9 Å². The number of rotatable bonds is 5. The zero-order valence-electron chi connectivity index (χ0n) is 11.9. The zero-order chi connectivity index (χ0) is 15.4. The van der Waals surface area contributed by atoms with Crippen molar-refractivity contribution in [1.29, 1.82) is 0 Å². The smallest absolute Gasteiger partial charge is 0.273 e. The van der Waals surface area contributed by atoms with Gasteiger partial charge < -0.3 is 0 Å². The average Bonchev–Trinajstić information content (AvgIpc) is 2.79. The van der Waals surface area contributed by atoms with Gasteiger partial charge in [-0.05, 0) is 28.8 Å². The van der Waals surface area contributed by atoms with E-state index in [1.165, 1.54) is 30.4 Å². The van der Waals surface area contributed by atoms with E-state index < -0.39 is 0 Å². The first kappa shape index (κ1) is 15.3. The van der Waals surface area contributed by atoms with Crippen LogP contribution in [0.1, 0.15) is 12.5 Å². The van der Waals surface area contributed by atoms with E-state index in [4.69, 9.17) is 4.84 Å². The van der Waals surface area contributed by atoms with Crippen LogP contribution in [-0.4, -0.2) is 32.0 Å². The van der Waals surface area contributed by atoms with Gasteiger partial charge in [0.05, 0.1) is 5.69 Å². The number of hydrogen-bond acceptors (Lipinski definition) is 6. The summed E-state index contributed by atoms with van der Waals surface area (Å²) in [6.45, 7) is 1.48. The molecule has 8 nitrogen and oxygen atoms in total. The molecule has 0 bridgehead atoms. The van der Waals surface area contributed by atoms with Crippen LogP contribution in [0, 0.1) is 0 Å². The van der Waals surface area contributed by atoms with Crippen LogP contribution in [0.15, 0.2) is 27.9 Å². The standard InChI is InChI=1S/C12H15N5O3S/c1-8(18)13-20-7-9-10(5-4-6-11(9)21-3)17-12(19)16(2)14-15-17/h4-6H,7H2,1-3H3,(H,13,18). The highest BCUT2D eigenvalue weighted by Gasteiger charge is 2.14. The first-order valence-corrected chi connectivity index (χ1v) is 7.30. The number of carbonyl (C=O) groups excluding carboxylic acids is 1. The molecule has 1 heterocycles. The molecule has 0 radical (unpaired) electrons. The van der Waals surface area contributed by atoms with E-state index in [0.717, 1.165) is 15.1 Å². The molecule has 1 aromatic heterocycles. The Hall–Kier alpha value is -2.13. The number of amides is 1. The second-order valence-electron chi connectivity index (χ2n) is 4.20. The molecule has 0 spiro atoms. The molecule has 2 aromatic rings. The third-order valence-electron chi connectivity index (χ3n) is 2.71. The summed E-state index contributed by atoms with van der Waals surface area (Å²) in [7, 11) is 1.53. The number of thioether (sulfide) groups is 1. The van der Waals surface area contributed by atoms with Crippen LogP contribution in [-0.2, 0) is 23.3 Å². The lowest BCUT2D eigenvalue weighted by molar-refractivity contribution is -0.132. The lowest BCUT2D eigenvalue weighted by Crippen LogP contribution is -2.24. The Morgan fingerprint density at radius 1 is 1.43 bits per heavy atom. The van der Waals surface area contributed by atoms with Crippen molar-refractivity contribution in [2.75, 3.05) is 6.26 Å². The number of tetrazole rings is 1. The van der Waals surface area contributed by atoms with E-state index in [1.807, 2.05) is 18.4 Å². The molecule has 1 N–H and O–H groups in total. The topological polar surface area (TPSA) is 91.0 Å². The Morgan fingerprint density at radius 2 is 2.19 bits per heavy atom. The summed E-state index contributed by atoms with van der Waals surface area (Å²) < 4.78 is 2.34. The van der Waals surface area contributed by atoms with Gasteiger partial charge in [0.25, 0.3) is 0 Å². The van der Waals surface area contributed by atoms with Gasteiger partial charge in [0, 0.05) is 24.4 Å². The van der Waals surface area contributed by atoms with E-state index in [1.54, 1.807) is 6.07 Å². The van der Waals surface area contributed by atoms with Crippen LogP contribution < -0.4 is 11.2 Å². The molecule has 0 saturated carbocycles. The summed E-state index contributed by atoms with van der Waals surface area (Å²) in [5.74, 6) is -0.296. The summed E-state index contributed by atoms with van der Waals surface area (Å²) in [4.78, 5) is 28.9. The molecule has 0 fully saturated rings. The molecule has 0 unspecified atom stereocenters. The molecule has 2 rings (SSSR count). The zero-order valence-corrected chi connectivity index (χ0v) is 12.7. The lowest BCUT2D eigenvalue weighted by Gasteiger charge is -2.12. The number of hydroxylamine groups is 1. The van der Waals surface area contributed by atoms with Crippen molar-refractivity contribution < 1.29 is 9.63 Å². The molecular formula is C12H15N5O3S. The number of aromatic nitrogens is 4. The van der Waals surface area contributed by atoms with Crippen molar-refractivity contribution in [2.24, 2.45) is 7.05 Å². The highest BCUT2D eigenvalue weighted by atomic mass is 32.2. The summed E-state index contributed by atoms with van der Waals surface area (Å²) in [6, 6.07) is 5.48. The SMILES string of the molecule is CSc1cccc(-n2nnn(C)c2=O)c1CONC(C)=O. The number of nitrogens with zero attached hydrogens (tertiary/aromatic N) is 4. The third kappa shape index (κ3) is 3.31. The quantitative estimate of drug-likeness (QED) is 0.629. The molecule has 0 aliphatic heterocycles. The third-order valence-corrected chi connectivity index (χ3v) is 3.53. The van der Waals surface area contributed by atoms with Crippen LogP contribution in [0.3, 0.4) is 0 Å². The molecule has 9 heteroatoms. The van der Waals surface area contributed by atoms with E-state index in [0.29, 0.717) is 5.69 Å². The second kappa shape index (κ2) is 6.55. The van der Waals surface area contributed by atoms with Gasteiger partial charge in [-0.2, -0.15) is 9.36 Å². The van der Waals surface area contributed by atoms with Crippen molar-refractivity contribution in [1.82, 2.24) is 25.3 Å². The average molecular weight is 309 g/mol. The fourth-order valence-corrected chi connectivity index (χ4v) is 2.39. The van der Waals surface area contributed by atoms with Gasteiger partial charge >= 0.3 is 5.69 Å². The molecule has 1 aromatic carbocycles. The molecule has 112 valence electrons. The van der Waals surface area contributed by atoms with Crippen molar-refractivity contribution in [2.45, 2.75) is 18.4 Å². The van der Waals surface area contributed by atoms with Crippen molar-refractivity contribution in [3.8, 4) is 5.69 Å². The number of aryl methyl sites for hydroxylation is 1. The maximum absolute atomic E-state index is 12.0. The van der Waals surface area contributed by atoms with Crippen molar-refractivity contribution in [3.05, 3.63) is 34.2 Å². The molecular weight excluding hydrogens is 294 g/mol. The Balaban J connectivity index is 2.43. The van der Waals surface area contributed by atoms with Crippen LogP contribution in [0.25, 0.3) is 5.69 Å². The predicted molar refractivity (Wildman–Crippen MR) is 77.0 cm³/mol. The molecule has 21 heavy (non-hydrogen) atoms. The van der Waals surface area contributed by atoms with Crippen molar-refractivity contribution >= 4 is 17.7 Å². The lowest BCUT2D eigenvalue weighted by atomic mass is 10.2. The van der Waals surface area contributed by atoms with Crippen LogP contribution in [0.5, 0.6) is 0 Å². The Bertz CT molecular complexity index is 709. The van der Waals surface area contributed by atoms with Crippen LogP contribution >= 0.6 is 11.8 Å². The van der Waals surface area contributed by atoms with Gasteiger partial charge in [-0.3, -0.25) is 9.63 Å². The normalized spacial score (nSPS) is 10.6. The summed E-state index contributed by atoms with van der Waals surface area (Å²) in [5.41, 5.74) is 3.24. The first-order valence-electron chi connectivity index (χ1n) is 6.08. The minimum absolute atomic E-state index is 0.120. The number of carbonyl (C=O) groups is 1. The number of hydrogen-bond donors (Lipinski definition) is 1. The summed E-state index contributed by atoms with van der Waals surface area (Å²) >= 11 is 1.51. The Morgan fingerprint density at radius 3 is 2.76 bits per heavy atom. The van der Waals surface area contributed by atoms with E-state index >= 15 is 0 Å². The van der Waals surface area contributed by atoms with Gasteiger partial charge in [0.2, 0.25) is 5.91 Å².